The van der Waals surface area contributed by atoms with E-state index in [-0.39, 0.29) is 38.5 Å². The van der Waals surface area contributed by atoms with Gasteiger partial charge in [0.2, 0.25) is 10.0 Å². The predicted octanol–water partition coefficient (Wildman–Crippen LogP) is 6.35. The summed E-state index contributed by atoms with van der Waals surface area (Å²) >= 11 is 13.6. The second-order valence-corrected chi connectivity index (χ2v) is 12.0. The van der Waals surface area contributed by atoms with E-state index in [9.17, 15) is 22.0 Å². The van der Waals surface area contributed by atoms with Gasteiger partial charge < -0.3 is 14.2 Å². The fraction of sp³-hybridized carbons (Fsp3) is 0.333. The van der Waals surface area contributed by atoms with Crippen LogP contribution in [0.3, 0.4) is 0 Å². The van der Waals surface area contributed by atoms with E-state index in [1.54, 1.807) is 0 Å². The number of anilines is 1. The molecule has 1 saturated carbocycles. The number of alkyl halides is 2. The van der Waals surface area contributed by atoms with Crippen molar-refractivity contribution in [3.8, 4) is 11.5 Å². The second-order valence-electron chi connectivity index (χ2n) is 8.56. The van der Waals surface area contributed by atoms with E-state index in [0.29, 0.717) is 23.7 Å². The molecule has 204 valence electrons. The highest BCUT2D eigenvalue weighted by Gasteiger charge is 2.27. The molecule has 4 rings (SSSR count). The van der Waals surface area contributed by atoms with Gasteiger partial charge in [0.15, 0.2) is 11.5 Å². The molecule has 0 aliphatic heterocycles. The zero-order valence-corrected chi connectivity index (χ0v) is 23.0. The molecule has 38 heavy (non-hydrogen) atoms. The number of thiophene rings is 1. The molecule has 3 aromatic rings. The largest absolute Gasteiger partial charge is 0.489 e. The zero-order chi connectivity index (χ0) is 27.4. The van der Waals surface area contributed by atoms with Crippen LogP contribution in [-0.4, -0.2) is 38.8 Å². The van der Waals surface area contributed by atoms with Crippen molar-refractivity contribution in [2.75, 3.05) is 17.6 Å². The lowest BCUT2D eigenvalue weighted by atomic mass is 10.0. The third-order valence-electron chi connectivity index (χ3n) is 5.46. The average Bonchev–Trinajstić information content (AvgIpc) is 3.55. The fourth-order valence-electron chi connectivity index (χ4n) is 3.50. The first-order valence-electron chi connectivity index (χ1n) is 11.3. The average molecular weight is 607 g/mol. The summed E-state index contributed by atoms with van der Waals surface area (Å²) in [4.78, 5) is 17.1. The lowest BCUT2D eigenvalue weighted by molar-refractivity contribution is -0.0515. The normalized spacial score (nSPS) is 14.3. The van der Waals surface area contributed by atoms with Crippen molar-refractivity contribution < 1.29 is 36.2 Å². The van der Waals surface area contributed by atoms with Gasteiger partial charge in [-0.25, -0.2) is 13.2 Å². The topological polar surface area (TPSA) is 104 Å². The van der Waals surface area contributed by atoms with Crippen molar-refractivity contribution in [2.24, 2.45) is 5.92 Å². The Kier molecular flexibility index (Phi) is 8.96. The number of nitrogens with zero attached hydrogens (tertiary/aromatic N) is 1. The molecule has 2 heterocycles. The van der Waals surface area contributed by atoms with E-state index in [1.165, 1.54) is 42.0 Å². The Morgan fingerprint density at radius 2 is 1.89 bits per heavy atom. The van der Waals surface area contributed by atoms with Gasteiger partial charge in [-0.15, -0.1) is 11.3 Å². The SMILES string of the molecule is CS(=O)(=O)Nc1ccsc1C(=O)O[C@@H](Cc1c(Cl)cncc1Cl)c1ccc(OC(F)F)c(OCC2CC2)c1. The molecular formula is C24H22Cl2F2N2O6S2. The van der Waals surface area contributed by atoms with Gasteiger partial charge in [-0.05, 0) is 53.5 Å². The quantitative estimate of drug-likeness (QED) is 0.239. The lowest BCUT2D eigenvalue weighted by Gasteiger charge is -2.21. The highest BCUT2D eigenvalue weighted by molar-refractivity contribution is 7.92. The molecule has 14 heteroatoms. The highest BCUT2D eigenvalue weighted by atomic mass is 35.5. The van der Waals surface area contributed by atoms with Crippen molar-refractivity contribution in [2.45, 2.75) is 32.0 Å². The van der Waals surface area contributed by atoms with Gasteiger partial charge in [-0.2, -0.15) is 8.78 Å². The van der Waals surface area contributed by atoms with Gasteiger partial charge in [0.25, 0.3) is 0 Å². The maximum atomic E-state index is 13.2. The fourth-order valence-corrected chi connectivity index (χ4v) is 5.38. The number of halogens is 4. The predicted molar refractivity (Wildman–Crippen MR) is 140 cm³/mol. The first-order valence-corrected chi connectivity index (χ1v) is 14.8. The second kappa shape index (κ2) is 12.0. The van der Waals surface area contributed by atoms with Crippen LogP contribution in [0.25, 0.3) is 0 Å². The van der Waals surface area contributed by atoms with Gasteiger partial charge >= 0.3 is 12.6 Å². The molecular weight excluding hydrogens is 585 g/mol. The number of pyridine rings is 1. The molecule has 1 N–H and O–H groups in total. The monoisotopic (exact) mass is 606 g/mol. The number of rotatable bonds is 12. The summed E-state index contributed by atoms with van der Waals surface area (Å²) in [6, 6.07) is 5.67. The minimum absolute atomic E-state index is 0.00323. The Bertz CT molecular complexity index is 1400. The van der Waals surface area contributed by atoms with Crippen LogP contribution in [0, 0.1) is 5.92 Å². The van der Waals surface area contributed by atoms with E-state index in [1.807, 2.05) is 0 Å². The Balaban J connectivity index is 1.69. The zero-order valence-electron chi connectivity index (χ0n) is 19.8. The Morgan fingerprint density at radius 3 is 2.53 bits per heavy atom. The molecule has 1 fully saturated rings. The summed E-state index contributed by atoms with van der Waals surface area (Å²) in [7, 11) is -3.66. The van der Waals surface area contributed by atoms with E-state index < -0.39 is 28.7 Å². The molecule has 0 saturated heterocycles. The molecule has 0 bridgehead atoms. The number of sulfonamides is 1. The maximum absolute atomic E-state index is 13.2. The van der Waals surface area contributed by atoms with Gasteiger partial charge in [0.1, 0.15) is 11.0 Å². The standard InChI is InChI=1S/C24H22Cl2F2N2O6S2/c1-38(32,33)30-18-6-7-37-22(18)23(31)35-20(9-15-16(25)10-29-11-17(15)26)14-4-5-19(36-24(27)28)21(8-14)34-12-13-2-3-13/h4-8,10-11,13,20,24,30H,2-3,9,12H2,1H3/t20-/m0/s1. The first kappa shape index (κ1) is 28.3. The van der Waals surface area contributed by atoms with E-state index in [4.69, 9.17) is 32.7 Å². The number of esters is 1. The molecule has 0 unspecified atom stereocenters. The van der Waals surface area contributed by atoms with Crippen molar-refractivity contribution in [3.63, 3.8) is 0 Å². The number of nitrogens with one attached hydrogen (secondary N) is 1. The van der Waals surface area contributed by atoms with Crippen LogP contribution in [0.5, 0.6) is 11.5 Å². The summed E-state index contributed by atoms with van der Waals surface area (Å²) in [5.41, 5.74) is 0.898. The molecule has 2 aromatic heterocycles. The number of carbonyl (C=O) groups is 1. The minimum atomic E-state index is -3.66. The van der Waals surface area contributed by atoms with Crippen molar-refractivity contribution in [1.82, 2.24) is 4.98 Å². The van der Waals surface area contributed by atoms with Gasteiger partial charge in [0, 0.05) is 18.8 Å². The van der Waals surface area contributed by atoms with Crippen LogP contribution in [0.1, 0.15) is 39.7 Å². The lowest BCUT2D eigenvalue weighted by Crippen LogP contribution is -2.17. The Morgan fingerprint density at radius 1 is 1.18 bits per heavy atom. The molecule has 1 aliphatic carbocycles. The van der Waals surface area contributed by atoms with Crippen LogP contribution in [0.2, 0.25) is 10.0 Å². The van der Waals surface area contributed by atoms with Crippen LogP contribution in [0.4, 0.5) is 14.5 Å². The molecule has 8 nitrogen and oxygen atoms in total. The Labute approximate surface area is 231 Å². The van der Waals surface area contributed by atoms with Crippen LogP contribution >= 0.6 is 34.5 Å². The third kappa shape index (κ3) is 7.68. The van der Waals surface area contributed by atoms with Crippen LogP contribution in [0.15, 0.2) is 42.0 Å². The number of benzene rings is 1. The van der Waals surface area contributed by atoms with Gasteiger partial charge in [-0.1, -0.05) is 29.3 Å². The van der Waals surface area contributed by atoms with Crippen molar-refractivity contribution >= 4 is 56.2 Å². The van der Waals surface area contributed by atoms with E-state index >= 15 is 0 Å². The van der Waals surface area contributed by atoms with Gasteiger partial charge in [0.05, 0.1) is 28.6 Å². The third-order valence-corrected chi connectivity index (χ3v) is 7.60. The molecule has 0 amide bonds. The highest BCUT2D eigenvalue weighted by Crippen LogP contribution is 2.38. The first-order chi connectivity index (χ1) is 18.0. The molecule has 1 atom stereocenters. The minimum Gasteiger partial charge on any atom is -0.489 e. The summed E-state index contributed by atoms with van der Waals surface area (Å²) in [5, 5.41) is 2.00. The molecule has 0 spiro atoms. The van der Waals surface area contributed by atoms with E-state index in [0.717, 1.165) is 30.4 Å². The van der Waals surface area contributed by atoms with Gasteiger partial charge in [-0.3, -0.25) is 9.71 Å². The summed E-state index contributed by atoms with van der Waals surface area (Å²) in [6.45, 7) is -2.74. The number of hydrogen-bond acceptors (Lipinski definition) is 8. The number of aromatic nitrogens is 1. The maximum Gasteiger partial charge on any atom is 0.387 e. The summed E-state index contributed by atoms with van der Waals surface area (Å²) in [6.07, 6.45) is 4.68. The molecule has 1 aliphatic rings. The smallest absolute Gasteiger partial charge is 0.387 e. The van der Waals surface area contributed by atoms with Crippen molar-refractivity contribution in [1.29, 1.82) is 0 Å². The van der Waals surface area contributed by atoms with E-state index in [2.05, 4.69) is 14.4 Å². The molecule has 0 radical (unpaired) electrons. The molecule has 1 aromatic carbocycles. The van der Waals surface area contributed by atoms with Crippen LogP contribution in [-0.2, 0) is 21.2 Å². The Hall–Kier alpha value is -2.67. The number of hydrogen-bond donors (Lipinski definition) is 1. The summed E-state index contributed by atoms with van der Waals surface area (Å²) in [5.74, 6) is -0.572. The van der Waals surface area contributed by atoms with Crippen LogP contribution < -0.4 is 14.2 Å². The number of carbonyl (C=O) groups excluding carboxylic acids is 1. The van der Waals surface area contributed by atoms with Crippen molar-refractivity contribution in [3.05, 3.63) is 68.1 Å². The summed E-state index contributed by atoms with van der Waals surface area (Å²) < 4.78 is 67.9. The number of ether oxygens (including phenoxy) is 3.